The van der Waals surface area contributed by atoms with Crippen molar-refractivity contribution in [2.24, 2.45) is 0 Å². The molecular weight excluding hydrogens is 260 g/mol. The molecule has 18 heavy (non-hydrogen) atoms. The third-order valence-electron chi connectivity index (χ3n) is 2.93. The molecule has 1 aliphatic rings. The Morgan fingerprint density at radius 2 is 1.72 bits per heavy atom. The van der Waals surface area contributed by atoms with Crippen LogP contribution in [0.2, 0.25) is 0 Å². The summed E-state index contributed by atoms with van der Waals surface area (Å²) in [4.78, 5) is 0. The van der Waals surface area contributed by atoms with Crippen LogP contribution < -0.4 is 0 Å². The predicted molar refractivity (Wildman–Crippen MR) is 67.4 cm³/mol. The molecule has 0 aromatic heterocycles. The first-order valence-electron chi connectivity index (χ1n) is 6.14. The molecule has 1 aliphatic heterocycles. The van der Waals surface area contributed by atoms with Gasteiger partial charge in [0.15, 0.2) is 6.29 Å². The molecule has 0 spiro atoms. The molecule has 0 aromatic rings. The van der Waals surface area contributed by atoms with E-state index in [2.05, 4.69) is 12.6 Å². The Balaban J connectivity index is 2.35. The molecule has 1 heterocycles. The summed E-state index contributed by atoms with van der Waals surface area (Å²) in [7, 11) is 0. The number of rotatable bonds is 7. The van der Waals surface area contributed by atoms with E-state index in [-0.39, 0.29) is 0 Å². The van der Waals surface area contributed by atoms with Crippen molar-refractivity contribution in [3.05, 3.63) is 0 Å². The Kier molecular flexibility index (Phi) is 7.47. The molecule has 7 heteroatoms. The number of hydrogen-bond acceptors (Lipinski definition) is 7. The van der Waals surface area contributed by atoms with Crippen molar-refractivity contribution in [2.45, 2.75) is 50.0 Å². The monoisotopic (exact) mass is 282 g/mol. The largest absolute Gasteiger partial charge is 0.394 e. The molecule has 0 saturated carbocycles. The number of thiol groups is 1. The molecule has 4 N–H and O–H groups in total. The molecule has 1 saturated heterocycles. The van der Waals surface area contributed by atoms with Crippen molar-refractivity contribution < 1.29 is 29.9 Å². The fourth-order valence-electron chi connectivity index (χ4n) is 1.80. The van der Waals surface area contributed by atoms with E-state index >= 15 is 0 Å². The maximum atomic E-state index is 9.67. The summed E-state index contributed by atoms with van der Waals surface area (Å²) < 4.78 is 10.5. The van der Waals surface area contributed by atoms with Gasteiger partial charge in [0.1, 0.15) is 24.4 Å². The molecule has 0 radical (unpaired) electrons. The predicted octanol–water partition coefficient (Wildman–Crippen LogP) is -1.10. The summed E-state index contributed by atoms with van der Waals surface area (Å²) in [5.41, 5.74) is 0. The summed E-state index contributed by atoms with van der Waals surface area (Å²) in [5, 5.41) is 37.7. The van der Waals surface area contributed by atoms with E-state index in [0.717, 1.165) is 25.0 Å². The zero-order valence-corrected chi connectivity index (χ0v) is 11.1. The Hall–Kier alpha value is 0.110. The molecule has 108 valence electrons. The molecule has 1 fully saturated rings. The van der Waals surface area contributed by atoms with Gasteiger partial charge in [-0.2, -0.15) is 12.6 Å². The van der Waals surface area contributed by atoms with Gasteiger partial charge < -0.3 is 29.9 Å². The van der Waals surface area contributed by atoms with Gasteiger partial charge in [0.2, 0.25) is 0 Å². The van der Waals surface area contributed by atoms with Crippen LogP contribution in [0.1, 0.15) is 19.3 Å². The Morgan fingerprint density at radius 1 is 1.00 bits per heavy atom. The number of ether oxygens (including phenoxy) is 2. The first-order chi connectivity index (χ1) is 8.61. The quantitative estimate of drug-likeness (QED) is 0.300. The first-order valence-corrected chi connectivity index (χ1v) is 6.78. The number of aliphatic hydroxyl groups excluding tert-OH is 4. The van der Waals surface area contributed by atoms with E-state index < -0.39 is 37.3 Å². The van der Waals surface area contributed by atoms with Crippen LogP contribution in [0.5, 0.6) is 0 Å². The SMILES string of the molecule is OCC1O[C@@H](OCCCCCS)C(O)C(O)[C@H]1O. The number of aliphatic hydroxyl groups is 4. The Morgan fingerprint density at radius 3 is 2.33 bits per heavy atom. The van der Waals surface area contributed by atoms with Gasteiger partial charge in [-0.1, -0.05) is 6.42 Å². The molecule has 0 amide bonds. The van der Waals surface area contributed by atoms with E-state index in [1.807, 2.05) is 0 Å². The summed E-state index contributed by atoms with van der Waals surface area (Å²) in [5.74, 6) is 0.819. The van der Waals surface area contributed by atoms with Crippen molar-refractivity contribution in [1.82, 2.24) is 0 Å². The average molecular weight is 282 g/mol. The maximum Gasteiger partial charge on any atom is 0.186 e. The van der Waals surface area contributed by atoms with Gasteiger partial charge in [0.25, 0.3) is 0 Å². The zero-order valence-electron chi connectivity index (χ0n) is 10.2. The average Bonchev–Trinajstić information content (AvgIpc) is 2.38. The van der Waals surface area contributed by atoms with Gasteiger partial charge in [-0.3, -0.25) is 0 Å². The van der Waals surface area contributed by atoms with Gasteiger partial charge in [0, 0.05) is 6.61 Å². The van der Waals surface area contributed by atoms with Crippen LogP contribution >= 0.6 is 12.6 Å². The lowest BCUT2D eigenvalue weighted by Crippen LogP contribution is -2.59. The fourth-order valence-corrected chi connectivity index (χ4v) is 2.02. The molecule has 0 aromatic carbocycles. The minimum atomic E-state index is -1.38. The van der Waals surface area contributed by atoms with E-state index in [1.54, 1.807) is 0 Å². The topological polar surface area (TPSA) is 99.4 Å². The van der Waals surface area contributed by atoms with Crippen molar-refractivity contribution >= 4 is 12.6 Å². The molecule has 0 bridgehead atoms. The second-order valence-corrected chi connectivity index (χ2v) is 4.80. The van der Waals surface area contributed by atoms with Crippen LogP contribution in [0, 0.1) is 0 Å². The van der Waals surface area contributed by atoms with E-state index in [9.17, 15) is 15.3 Å². The summed E-state index contributed by atoms with van der Waals surface area (Å²) in [6.07, 6.45) is -3.21. The highest BCUT2D eigenvalue weighted by Crippen LogP contribution is 2.22. The number of hydrogen-bond donors (Lipinski definition) is 5. The van der Waals surface area contributed by atoms with Gasteiger partial charge in [-0.05, 0) is 18.6 Å². The van der Waals surface area contributed by atoms with Crippen LogP contribution in [0.3, 0.4) is 0 Å². The summed E-state index contributed by atoms with van der Waals surface area (Å²) in [6.45, 7) is -0.0546. The van der Waals surface area contributed by atoms with Gasteiger partial charge in [-0.15, -0.1) is 0 Å². The smallest absolute Gasteiger partial charge is 0.186 e. The van der Waals surface area contributed by atoms with Gasteiger partial charge in [-0.25, -0.2) is 0 Å². The van der Waals surface area contributed by atoms with Gasteiger partial charge in [0.05, 0.1) is 6.61 Å². The van der Waals surface area contributed by atoms with Crippen molar-refractivity contribution in [3.8, 4) is 0 Å². The highest BCUT2D eigenvalue weighted by molar-refractivity contribution is 7.80. The summed E-state index contributed by atoms with van der Waals surface area (Å²) >= 11 is 4.09. The van der Waals surface area contributed by atoms with E-state index in [4.69, 9.17) is 14.6 Å². The Labute approximate surface area is 112 Å². The lowest BCUT2D eigenvalue weighted by atomic mass is 9.99. The molecule has 6 nitrogen and oxygen atoms in total. The van der Waals surface area contributed by atoms with Crippen LogP contribution in [-0.2, 0) is 9.47 Å². The van der Waals surface area contributed by atoms with E-state index in [1.165, 1.54) is 0 Å². The highest BCUT2D eigenvalue weighted by Gasteiger charge is 2.43. The second-order valence-electron chi connectivity index (χ2n) is 4.35. The van der Waals surface area contributed by atoms with Crippen LogP contribution in [0.4, 0.5) is 0 Å². The molecule has 3 unspecified atom stereocenters. The highest BCUT2D eigenvalue weighted by atomic mass is 32.1. The normalized spacial score (nSPS) is 36.8. The third kappa shape index (κ3) is 4.34. The fraction of sp³-hybridized carbons (Fsp3) is 1.00. The van der Waals surface area contributed by atoms with Crippen LogP contribution in [0.15, 0.2) is 0 Å². The minimum Gasteiger partial charge on any atom is -0.394 e. The maximum absolute atomic E-state index is 9.67. The lowest BCUT2D eigenvalue weighted by Gasteiger charge is -2.39. The Bertz CT molecular complexity index is 228. The summed E-state index contributed by atoms with van der Waals surface area (Å²) in [6, 6.07) is 0. The third-order valence-corrected chi connectivity index (χ3v) is 3.25. The molecular formula is C11H22O6S. The standard InChI is InChI=1S/C11H22O6S/c12-6-7-8(13)9(14)10(15)11(17-7)16-4-2-1-3-5-18/h7-15,18H,1-6H2/t7?,8-,9?,10?,11+/m0/s1. The van der Waals surface area contributed by atoms with Crippen molar-refractivity contribution in [1.29, 1.82) is 0 Å². The van der Waals surface area contributed by atoms with Crippen molar-refractivity contribution in [3.63, 3.8) is 0 Å². The number of unbranched alkanes of at least 4 members (excludes halogenated alkanes) is 2. The van der Waals surface area contributed by atoms with Crippen LogP contribution in [0.25, 0.3) is 0 Å². The van der Waals surface area contributed by atoms with Crippen molar-refractivity contribution in [2.75, 3.05) is 19.0 Å². The lowest BCUT2D eigenvalue weighted by molar-refractivity contribution is -0.301. The van der Waals surface area contributed by atoms with E-state index in [0.29, 0.717) is 6.61 Å². The first kappa shape index (κ1) is 16.2. The van der Waals surface area contributed by atoms with Gasteiger partial charge >= 0.3 is 0 Å². The van der Waals surface area contributed by atoms with Crippen LogP contribution in [-0.4, -0.2) is 70.1 Å². The minimum absolute atomic E-state index is 0.385. The zero-order chi connectivity index (χ0) is 13.5. The second kappa shape index (κ2) is 8.31. The molecule has 0 aliphatic carbocycles. The molecule has 1 rings (SSSR count). The molecule has 5 atom stereocenters.